The quantitative estimate of drug-likeness (QED) is 0.348. The van der Waals surface area contributed by atoms with Crippen LogP contribution in [0.5, 0.6) is 5.75 Å². The number of nitrogens with zero attached hydrogens (tertiary/aromatic N) is 1. The number of likely N-dealkylation sites (tertiary alicyclic amines) is 1. The Balaban J connectivity index is 1.45. The second kappa shape index (κ2) is 10.4. The molecular formula is C21H34N6O3. The van der Waals surface area contributed by atoms with E-state index in [4.69, 9.17) is 9.84 Å². The number of hydrogen-bond acceptors (Lipinski definition) is 8. The maximum Gasteiger partial charge on any atom is 0.242 e. The van der Waals surface area contributed by atoms with Gasteiger partial charge in [0.05, 0.1) is 18.7 Å². The summed E-state index contributed by atoms with van der Waals surface area (Å²) in [5, 5.41) is 19.7. The monoisotopic (exact) mass is 418 g/mol. The number of carbonyl (C=O) groups excluding carboxylic acids is 1. The number of anilines is 1. The van der Waals surface area contributed by atoms with E-state index in [1.807, 2.05) is 24.3 Å². The molecule has 4 unspecified atom stereocenters. The van der Waals surface area contributed by atoms with Crippen molar-refractivity contribution in [3.8, 4) is 5.75 Å². The first-order chi connectivity index (χ1) is 14.7. The molecule has 166 valence electrons. The number of aliphatic hydroxyl groups is 1. The van der Waals surface area contributed by atoms with Crippen molar-refractivity contribution in [1.82, 2.24) is 26.4 Å². The molecule has 0 aromatic heterocycles. The Labute approximate surface area is 177 Å². The van der Waals surface area contributed by atoms with Gasteiger partial charge in [-0.1, -0.05) is 12.8 Å². The molecule has 0 bridgehead atoms. The van der Waals surface area contributed by atoms with Crippen LogP contribution < -0.4 is 31.5 Å². The molecule has 0 spiro atoms. The number of rotatable bonds is 7. The molecular weight excluding hydrogens is 384 g/mol. The van der Waals surface area contributed by atoms with Gasteiger partial charge in [0, 0.05) is 44.4 Å². The van der Waals surface area contributed by atoms with Gasteiger partial charge in [-0.25, -0.2) is 5.43 Å². The van der Waals surface area contributed by atoms with Gasteiger partial charge in [0.2, 0.25) is 5.91 Å². The van der Waals surface area contributed by atoms with Crippen LogP contribution in [0.1, 0.15) is 32.1 Å². The first kappa shape index (κ1) is 21.3. The third kappa shape index (κ3) is 5.22. The number of aliphatic hydroxyl groups excluding tert-OH is 1. The molecule has 0 saturated carbocycles. The maximum atomic E-state index is 12.6. The van der Waals surface area contributed by atoms with Crippen LogP contribution in [0, 0.1) is 5.92 Å². The molecule has 0 radical (unpaired) electrons. The lowest BCUT2D eigenvalue weighted by atomic mass is 9.91. The minimum atomic E-state index is -0.227. The summed E-state index contributed by atoms with van der Waals surface area (Å²) in [6.07, 6.45) is 5.46. The molecule has 9 nitrogen and oxygen atoms in total. The van der Waals surface area contributed by atoms with E-state index in [9.17, 15) is 4.79 Å². The summed E-state index contributed by atoms with van der Waals surface area (Å²) in [6, 6.07) is 7.80. The average molecular weight is 419 g/mol. The summed E-state index contributed by atoms with van der Waals surface area (Å²) in [5.74, 6) is 0.532. The van der Waals surface area contributed by atoms with Crippen molar-refractivity contribution in [1.29, 1.82) is 0 Å². The molecule has 4 atom stereocenters. The van der Waals surface area contributed by atoms with Crippen LogP contribution in [0.2, 0.25) is 0 Å². The predicted molar refractivity (Wildman–Crippen MR) is 115 cm³/mol. The number of nitrogens with one attached hydrogen (secondary N) is 5. The van der Waals surface area contributed by atoms with Crippen molar-refractivity contribution < 1.29 is 14.6 Å². The lowest BCUT2D eigenvalue weighted by Crippen LogP contribution is -2.76. The highest BCUT2D eigenvalue weighted by Crippen LogP contribution is 2.24. The lowest BCUT2D eigenvalue weighted by Gasteiger charge is -2.48. The fourth-order valence-corrected chi connectivity index (χ4v) is 4.49. The second-order valence-corrected chi connectivity index (χ2v) is 8.26. The molecule has 3 aliphatic rings. The maximum absolute atomic E-state index is 12.6. The summed E-state index contributed by atoms with van der Waals surface area (Å²) in [7, 11) is 0. The molecule has 3 saturated heterocycles. The number of hydrogen-bond donors (Lipinski definition) is 6. The molecule has 3 heterocycles. The summed E-state index contributed by atoms with van der Waals surface area (Å²) in [6.45, 7) is 3.44. The van der Waals surface area contributed by atoms with Gasteiger partial charge in [0.15, 0.2) is 0 Å². The molecule has 4 rings (SSSR count). The molecule has 0 aliphatic carbocycles. The van der Waals surface area contributed by atoms with Crippen LogP contribution in [0.15, 0.2) is 24.3 Å². The standard InChI is InChI=1S/C21H34N6O3/c28-12-5-13-30-16-8-6-15(7-9-16)23-19-18-17(14-22-26-20(18)29)24-21(25-19)27-10-3-1-2-4-11-27/h6-9,17-19,21-25,28H,1-5,10-14H2,(H,26,29). The van der Waals surface area contributed by atoms with Gasteiger partial charge in [-0.3, -0.25) is 25.8 Å². The summed E-state index contributed by atoms with van der Waals surface area (Å²) >= 11 is 0. The van der Waals surface area contributed by atoms with Gasteiger partial charge in [-0.2, -0.15) is 0 Å². The first-order valence-electron chi connectivity index (χ1n) is 11.1. The predicted octanol–water partition coefficient (Wildman–Crippen LogP) is 0.157. The number of amides is 1. The molecule has 3 aliphatic heterocycles. The number of ether oxygens (including phenoxy) is 1. The molecule has 3 fully saturated rings. The minimum Gasteiger partial charge on any atom is -0.494 e. The highest BCUT2D eigenvalue weighted by molar-refractivity contribution is 5.81. The van der Waals surface area contributed by atoms with Crippen molar-refractivity contribution >= 4 is 11.6 Å². The normalized spacial score (nSPS) is 30.1. The molecule has 6 N–H and O–H groups in total. The lowest BCUT2D eigenvalue weighted by molar-refractivity contribution is -0.132. The third-order valence-electron chi connectivity index (χ3n) is 6.09. The Bertz CT molecular complexity index is 680. The molecule has 1 aromatic rings. The smallest absolute Gasteiger partial charge is 0.242 e. The van der Waals surface area contributed by atoms with E-state index in [0.717, 1.165) is 24.5 Å². The second-order valence-electron chi connectivity index (χ2n) is 8.26. The van der Waals surface area contributed by atoms with Crippen LogP contribution in [0.3, 0.4) is 0 Å². The Morgan fingerprint density at radius 1 is 1.10 bits per heavy atom. The SMILES string of the molecule is O=C1NNCC2NC(N3CCCCCC3)NC(Nc3ccc(OCCCO)cc3)C12. The first-order valence-corrected chi connectivity index (χ1v) is 11.1. The van der Waals surface area contributed by atoms with Crippen LogP contribution in [0.4, 0.5) is 5.69 Å². The van der Waals surface area contributed by atoms with E-state index >= 15 is 0 Å². The van der Waals surface area contributed by atoms with E-state index < -0.39 is 0 Å². The minimum absolute atomic E-state index is 0.0120. The molecule has 9 heteroatoms. The van der Waals surface area contributed by atoms with Crippen LogP contribution >= 0.6 is 0 Å². The summed E-state index contributed by atoms with van der Waals surface area (Å²) in [4.78, 5) is 15.1. The van der Waals surface area contributed by atoms with Crippen molar-refractivity contribution in [3.05, 3.63) is 24.3 Å². The van der Waals surface area contributed by atoms with E-state index in [2.05, 4.69) is 31.7 Å². The number of hydrazine groups is 1. The van der Waals surface area contributed by atoms with Crippen LogP contribution in [-0.2, 0) is 4.79 Å². The highest BCUT2D eigenvalue weighted by Gasteiger charge is 2.44. The fraction of sp³-hybridized carbons (Fsp3) is 0.667. The summed E-state index contributed by atoms with van der Waals surface area (Å²) in [5.41, 5.74) is 6.73. The Morgan fingerprint density at radius 3 is 2.60 bits per heavy atom. The van der Waals surface area contributed by atoms with Gasteiger partial charge in [-0.15, -0.1) is 0 Å². The van der Waals surface area contributed by atoms with E-state index in [-0.39, 0.29) is 36.9 Å². The van der Waals surface area contributed by atoms with Gasteiger partial charge in [-0.05, 0) is 37.1 Å². The largest absolute Gasteiger partial charge is 0.494 e. The zero-order chi connectivity index (χ0) is 20.8. The fourth-order valence-electron chi connectivity index (χ4n) is 4.49. The average Bonchev–Trinajstić information content (AvgIpc) is 3.05. The summed E-state index contributed by atoms with van der Waals surface area (Å²) < 4.78 is 5.61. The topological polar surface area (TPSA) is 110 Å². The molecule has 1 amide bonds. The number of carbonyl (C=O) groups is 1. The van der Waals surface area contributed by atoms with E-state index in [1.165, 1.54) is 25.7 Å². The molecule has 1 aromatic carbocycles. The number of fused-ring (bicyclic) bond motifs is 1. The third-order valence-corrected chi connectivity index (χ3v) is 6.09. The van der Waals surface area contributed by atoms with E-state index in [0.29, 0.717) is 19.6 Å². The van der Waals surface area contributed by atoms with Gasteiger partial charge in [0.1, 0.15) is 12.0 Å². The van der Waals surface area contributed by atoms with Crippen LogP contribution in [-0.4, -0.2) is 67.3 Å². The van der Waals surface area contributed by atoms with Crippen molar-refractivity contribution in [2.75, 3.05) is 38.2 Å². The molecule has 30 heavy (non-hydrogen) atoms. The van der Waals surface area contributed by atoms with Crippen molar-refractivity contribution in [3.63, 3.8) is 0 Å². The van der Waals surface area contributed by atoms with Crippen molar-refractivity contribution in [2.45, 2.75) is 50.6 Å². The van der Waals surface area contributed by atoms with Crippen molar-refractivity contribution in [2.24, 2.45) is 5.92 Å². The Morgan fingerprint density at radius 2 is 1.87 bits per heavy atom. The van der Waals surface area contributed by atoms with E-state index in [1.54, 1.807) is 0 Å². The Kier molecular flexibility index (Phi) is 7.40. The van der Waals surface area contributed by atoms with Crippen LogP contribution in [0.25, 0.3) is 0 Å². The van der Waals surface area contributed by atoms with Gasteiger partial charge < -0.3 is 15.2 Å². The van der Waals surface area contributed by atoms with Gasteiger partial charge >= 0.3 is 0 Å². The zero-order valence-corrected chi connectivity index (χ0v) is 17.4. The Hall–Kier alpha value is -1.91. The highest BCUT2D eigenvalue weighted by atomic mass is 16.5. The number of benzene rings is 1. The zero-order valence-electron chi connectivity index (χ0n) is 17.4. The van der Waals surface area contributed by atoms with Gasteiger partial charge in [0.25, 0.3) is 0 Å².